The summed E-state index contributed by atoms with van der Waals surface area (Å²) >= 11 is 0. The van der Waals surface area contributed by atoms with Crippen LogP contribution in [0.15, 0.2) is 47.2 Å². The Kier molecular flexibility index (Phi) is 8.84. The Morgan fingerprint density at radius 3 is 2.61 bits per heavy atom. The monoisotopic (exact) mass is 390 g/mol. The molecule has 1 atom stereocenters. The molecule has 0 bridgehead atoms. The number of oxazole rings is 1. The van der Waals surface area contributed by atoms with Gasteiger partial charge in [-0.2, -0.15) is 0 Å². The minimum absolute atomic E-state index is 0.222. The summed E-state index contributed by atoms with van der Waals surface area (Å²) in [5, 5.41) is 17.9. The van der Waals surface area contributed by atoms with E-state index in [0.717, 1.165) is 49.5 Å². The van der Waals surface area contributed by atoms with E-state index in [1.807, 2.05) is 0 Å². The standard InChI is InChI=1S/C18H21FN2O2.C3H6O2/c19-16-5-3-14(4-6-16)17(22)2-1-10-21-11-7-15(8-12-21)18-20-9-13-23-18;1-2-3(4)5/h3-7,9,13,17,22H,1-2,8,10-12H2;2H2,1H3,(H,4,5). The number of aliphatic carboxylic acids is 1. The molecule has 3 rings (SSSR count). The van der Waals surface area contributed by atoms with Crippen molar-refractivity contribution in [1.82, 2.24) is 9.88 Å². The number of rotatable bonds is 7. The number of aromatic nitrogens is 1. The molecule has 0 aliphatic carbocycles. The van der Waals surface area contributed by atoms with Gasteiger partial charge in [0.05, 0.1) is 12.3 Å². The number of carbonyl (C=O) groups is 1. The summed E-state index contributed by atoms with van der Waals surface area (Å²) in [6.45, 7) is 4.39. The molecule has 152 valence electrons. The molecule has 6 nitrogen and oxygen atoms in total. The van der Waals surface area contributed by atoms with Gasteiger partial charge in [-0.15, -0.1) is 0 Å². The average Bonchev–Trinajstić information content (AvgIpc) is 3.24. The van der Waals surface area contributed by atoms with Crippen molar-refractivity contribution in [2.45, 2.75) is 38.7 Å². The lowest BCUT2D eigenvalue weighted by molar-refractivity contribution is -0.136. The van der Waals surface area contributed by atoms with E-state index in [4.69, 9.17) is 9.52 Å². The SMILES string of the molecule is CCC(=O)O.OC(CCCN1CC=C(c2ncco2)CC1)c1ccc(F)cc1. The van der Waals surface area contributed by atoms with Gasteiger partial charge in [0.2, 0.25) is 5.89 Å². The van der Waals surface area contributed by atoms with Crippen LogP contribution in [0.25, 0.3) is 5.57 Å². The normalized spacial score (nSPS) is 15.3. The van der Waals surface area contributed by atoms with E-state index in [2.05, 4.69) is 16.0 Å². The van der Waals surface area contributed by atoms with Crippen LogP contribution in [0.2, 0.25) is 0 Å². The summed E-state index contributed by atoms with van der Waals surface area (Å²) in [5.74, 6) is -0.302. The van der Waals surface area contributed by atoms with Crippen LogP contribution in [0, 0.1) is 5.82 Å². The number of hydrogen-bond acceptors (Lipinski definition) is 5. The zero-order valence-corrected chi connectivity index (χ0v) is 16.1. The first kappa shape index (κ1) is 21.8. The van der Waals surface area contributed by atoms with Crippen LogP contribution in [0.1, 0.15) is 50.2 Å². The summed E-state index contributed by atoms with van der Waals surface area (Å²) in [6.07, 6.45) is 7.63. The fourth-order valence-electron chi connectivity index (χ4n) is 2.85. The van der Waals surface area contributed by atoms with E-state index in [1.165, 1.54) is 12.1 Å². The molecule has 28 heavy (non-hydrogen) atoms. The maximum absolute atomic E-state index is 12.9. The number of halogens is 1. The molecule has 1 aromatic carbocycles. The molecule has 2 heterocycles. The van der Waals surface area contributed by atoms with Crippen LogP contribution in [-0.2, 0) is 4.79 Å². The van der Waals surface area contributed by atoms with Gasteiger partial charge in [0.15, 0.2) is 0 Å². The summed E-state index contributed by atoms with van der Waals surface area (Å²) in [4.78, 5) is 15.9. The van der Waals surface area contributed by atoms with Gasteiger partial charge >= 0.3 is 5.97 Å². The predicted molar refractivity (Wildman–Crippen MR) is 104 cm³/mol. The molecular formula is C21H27FN2O4. The van der Waals surface area contributed by atoms with Crippen LogP contribution in [0.5, 0.6) is 0 Å². The molecule has 0 amide bonds. The fourth-order valence-corrected chi connectivity index (χ4v) is 2.85. The first-order valence-corrected chi connectivity index (χ1v) is 9.46. The van der Waals surface area contributed by atoms with Crippen molar-refractivity contribution in [3.8, 4) is 0 Å². The molecule has 0 spiro atoms. The van der Waals surface area contributed by atoms with Crippen LogP contribution in [-0.4, -0.2) is 45.7 Å². The summed E-state index contributed by atoms with van der Waals surface area (Å²) in [6, 6.07) is 6.06. The minimum atomic E-state index is -0.745. The molecule has 1 aliphatic rings. The molecule has 0 fully saturated rings. The van der Waals surface area contributed by atoms with Crippen molar-refractivity contribution >= 4 is 11.5 Å². The van der Waals surface area contributed by atoms with E-state index < -0.39 is 12.1 Å². The van der Waals surface area contributed by atoms with Gasteiger partial charge in [-0.25, -0.2) is 9.37 Å². The number of aliphatic hydroxyl groups excluding tert-OH is 1. The molecule has 1 aromatic heterocycles. The van der Waals surface area contributed by atoms with E-state index in [0.29, 0.717) is 6.42 Å². The van der Waals surface area contributed by atoms with Crippen LogP contribution in [0.4, 0.5) is 4.39 Å². The molecule has 2 aromatic rings. The Morgan fingerprint density at radius 1 is 1.36 bits per heavy atom. The van der Waals surface area contributed by atoms with Crippen molar-refractivity contribution < 1.29 is 23.8 Å². The molecule has 1 aliphatic heterocycles. The number of hydrogen-bond donors (Lipinski definition) is 2. The zero-order chi connectivity index (χ0) is 20.4. The van der Waals surface area contributed by atoms with Gasteiger partial charge in [0, 0.05) is 25.1 Å². The van der Waals surface area contributed by atoms with E-state index in [1.54, 1.807) is 31.5 Å². The molecule has 1 unspecified atom stereocenters. The number of carboxylic acid groups (broad SMARTS) is 1. The molecule has 0 saturated heterocycles. The molecule has 0 saturated carbocycles. The first-order valence-electron chi connectivity index (χ1n) is 9.46. The second-order valence-corrected chi connectivity index (χ2v) is 6.57. The Morgan fingerprint density at radius 2 is 2.07 bits per heavy atom. The van der Waals surface area contributed by atoms with Crippen molar-refractivity contribution in [3.05, 3.63) is 60.1 Å². The van der Waals surface area contributed by atoms with Crippen molar-refractivity contribution in [3.63, 3.8) is 0 Å². The van der Waals surface area contributed by atoms with Crippen LogP contribution < -0.4 is 0 Å². The highest BCUT2D eigenvalue weighted by molar-refractivity contribution is 5.66. The van der Waals surface area contributed by atoms with Gasteiger partial charge in [-0.3, -0.25) is 9.69 Å². The van der Waals surface area contributed by atoms with Crippen molar-refractivity contribution in [2.24, 2.45) is 0 Å². The Hall–Kier alpha value is -2.51. The van der Waals surface area contributed by atoms with Crippen molar-refractivity contribution in [2.75, 3.05) is 19.6 Å². The highest BCUT2D eigenvalue weighted by Gasteiger charge is 2.16. The maximum atomic E-state index is 12.9. The largest absolute Gasteiger partial charge is 0.481 e. The van der Waals surface area contributed by atoms with E-state index in [9.17, 15) is 14.3 Å². The van der Waals surface area contributed by atoms with E-state index in [-0.39, 0.29) is 12.2 Å². The Bertz CT molecular complexity index is 744. The van der Waals surface area contributed by atoms with Gasteiger partial charge < -0.3 is 14.6 Å². The molecular weight excluding hydrogens is 363 g/mol. The number of benzene rings is 1. The van der Waals surface area contributed by atoms with Crippen LogP contribution >= 0.6 is 0 Å². The number of aliphatic hydroxyl groups is 1. The second-order valence-electron chi connectivity index (χ2n) is 6.57. The summed E-state index contributed by atoms with van der Waals surface area (Å²) < 4.78 is 18.2. The lowest BCUT2D eigenvalue weighted by Crippen LogP contribution is -2.29. The maximum Gasteiger partial charge on any atom is 0.303 e. The zero-order valence-electron chi connectivity index (χ0n) is 16.1. The Balaban J connectivity index is 0.000000500. The highest BCUT2D eigenvalue weighted by atomic mass is 19.1. The summed E-state index contributed by atoms with van der Waals surface area (Å²) in [7, 11) is 0. The fraction of sp³-hybridized carbons (Fsp3) is 0.429. The third-order valence-corrected chi connectivity index (χ3v) is 4.51. The third-order valence-electron chi connectivity index (χ3n) is 4.51. The predicted octanol–water partition coefficient (Wildman–Crippen LogP) is 3.90. The Labute approximate surface area is 164 Å². The highest BCUT2D eigenvalue weighted by Crippen LogP contribution is 2.22. The van der Waals surface area contributed by atoms with Gasteiger partial charge in [0.25, 0.3) is 0 Å². The first-order chi connectivity index (χ1) is 13.5. The topological polar surface area (TPSA) is 86.8 Å². The average molecular weight is 390 g/mol. The van der Waals surface area contributed by atoms with Gasteiger partial charge in [-0.05, 0) is 43.5 Å². The molecule has 7 heteroatoms. The lowest BCUT2D eigenvalue weighted by atomic mass is 10.0. The van der Waals surface area contributed by atoms with Gasteiger partial charge in [-0.1, -0.05) is 25.1 Å². The van der Waals surface area contributed by atoms with Gasteiger partial charge in [0.1, 0.15) is 12.1 Å². The third kappa shape index (κ3) is 7.25. The second kappa shape index (κ2) is 11.4. The minimum Gasteiger partial charge on any atom is -0.481 e. The lowest BCUT2D eigenvalue weighted by Gasteiger charge is -2.25. The smallest absolute Gasteiger partial charge is 0.303 e. The molecule has 2 N–H and O–H groups in total. The molecule has 0 radical (unpaired) electrons. The van der Waals surface area contributed by atoms with E-state index >= 15 is 0 Å². The van der Waals surface area contributed by atoms with Crippen LogP contribution in [0.3, 0.4) is 0 Å². The number of carboxylic acids is 1. The number of nitrogens with zero attached hydrogens (tertiary/aromatic N) is 2. The quantitative estimate of drug-likeness (QED) is 0.746. The summed E-state index contributed by atoms with van der Waals surface area (Å²) in [5.41, 5.74) is 1.94. The van der Waals surface area contributed by atoms with Crippen molar-refractivity contribution in [1.29, 1.82) is 0 Å².